The fourth-order valence-electron chi connectivity index (χ4n) is 1.71. The van der Waals surface area contributed by atoms with Crippen molar-refractivity contribution in [3.63, 3.8) is 0 Å². The van der Waals surface area contributed by atoms with Crippen molar-refractivity contribution in [1.29, 1.82) is 0 Å². The number of nitrogens with one attached hydrogen (secondary N) is 2. The zero-order chi connectivity index (χ0) is 14.5. The van der Waals surface area contributed by atoms with Crippen LogP contribution >= 0.6 is 0 Å². The molecule has 5 heteroatoms. The second kappa shape index (κ2) is 6.70. The van der Waals surface area contributed by atoms with Crippen LogP contribution in [-0.4, -0.2) is 33.8 Å². The van der Waals surface area contributed by atoms with Gasteiger partial charge in [0, 0.05) is 25.1 Å². The summed E-state index contributed by atoms with van der Waals surface area (Å²) in [6.45, 7) is 11.0. The lowest BCUT2D eigenvalue weighted by Crippen LogP contribution is -2.30. The van der Waals surface area contributed by atoms with E-state index in [-0.39, 0.29) is 0 Å². The third-order valence-electron chi connectivity index (χ3n) is 2.70. The number of aromatic nitrogens is 2. The second-order valence-electron chi connectivity index (χ2n) is 5.41. The summed E-state index contributed by atoms with van der Waals surface area (Å²) in [6.07, 6.45) is 1.87. The van der Waals surface area contributed by atoms with Gasteiger partial charge in [0.1, 0.15) is 17.5 Å². The van der Waals surface area contributed by atoms with Gasteiger partial charge in [-0.05, 0) is 34.1 Å². The van der Waals surface area contributed by atoms with Gasteiger partial charge in [0.15, 0.2) is 0 Å². The van der Waals surface area contributed by atoms with Gasteiger partial charge in [-0.2, -0.15) is 0 Å². The van der Waals surface area contributed by atoms with E-state index in [0.29, 0.717) is 6.54 Å². The predicted octanol–water partition coefficient (Wildman–Crippen LogP) is 2.35. The molecule has 0 aliphatic carbocycles. The zero-order valence-corrected chi connectivity index (χ0v) is 12.7. The van der Waals surface area contributed by atoms with Crippen LogP contribution in [0.3, 0.4) is 0 Å². The van der Waals surface area contributed by atoms with E-state index in [1.807, 2.05) is 13.8 Å². The molecule has 0 radical (unpaired) electrons. The molecule has 1 rings (SSSR count). The van der Waals surface area contributed by atoms with E-state index in [1.54, 1.807) is 13.8 Å². The highest BCUT2D eigenvalue weighted by molar-refractivity contribution is 5.57. The van der Waals surface area contributed by atoms with Crippen molar-refractivity contribution in [3.05, 3.63) is 11.4 Å². The number of nitrogens with zero attached hydrogens (tertiary/aromatic N) is 2. The topological polar surface area (TPSA) is 70.1 Å². The molecule has 19 heavy (non-hydrogen) atoms. The summed E-state index contributed by atoms with van der Waals surface area (Å²) >= 11 is 0. The van der Waals surface area contributed by atoms with Crippen molar-refractivity contribution in [2.24, 2.45) is 0 Å². The first-order valence-corrected chi connectivity index (χ1v) is 6.95. The number of aliphatic hydroxyl groups is 1. The van der Waals surface area contributed by atoms with Gasteiger partial charge in [0.2, 0.25) is 0 Å². The first-order chi connectivity index (χ1) is 8.87. The van der Waals surface area contributed by atoms with Crippen LogP contribution in [0, 0.1) is 6.92 Å². The summed E-state index contributed by atoms with van der Waals surface area (Å²) in [5, 5.41) is 16.3. The third-order valence-corrected chi connectivity index (χ3v) is 2.70. The Morgan fingerprint density at radius 3 is 2.16 bits per heavy atom. The Labute approximate surface area is 115 Å². The minimum atomic E-state index is -0.763. The van der Waals surface area contributed by atoms with Crippen molar-refractivity contribution in [2.75, 3.05) is 23.7 Å². The molecule has 3 N–H and O–H groups in total. The summed E-state index contributed by atoms with van der Waals surface area (Å²) in [4.78, 5) is 9.07. The van der Waals surface area contributed by atoms with Gasteiger partial charge < -0.3 is 15.7 Å². The van der Waals surface area contributed by atoms with Crippen LogP contribution in [0.5, 0.6) is 0 Å². The Balaban J connectivity index is 2.99. The fraction of sp³-hybridized carbons (Fsp3) is 0.714. The van der Waals surface area contributed by atoms with E-state index in [0.717, 1.165) is 42.4 Å². The first-order valence-electron chi connectivity index (χ1n) is 6.95. The smallest absolute Gasteiger partial charge is 0.134 e. The van der Waals surface area contributed by atoms with E-state index < -0.39 is 5.60 Å². The van der Waals surface area contributed by atoms with Crippen LogP contribution in [0.2, 0.25) is 0 Å². The average Bonchev–Trinajstić information content (AvgIpc) is 2.31. The van der Waals surface area contributed by atoms with Gasteiger partial charge >= 0.3 is 0 Å². The fourth-order valence-corrected chi connectivity index (χ4v) is 1.71. The Morgan fingerprint density at radius 2 is 1.68 bits per heavy atom. The maximum atomic E-state index is 9.79. The number of anilines is 2. The quantitative estimate of drug-likeness (QED) is 0.706. The molecule has 108 valence electrons. The van der Waals surface area contributed by atoms with Crippen LogP contribution in [0.1, 0.15) is 45.5 Å². The molecule has 0 aliphatic rings. The van der Waals surface area contributed by atoms with E-state index >= 15 is 0 Å². The number of hydrogen-bond donors (Lipinski definition) is 3. The summed E-state index contributed by atoms with van der Waals surface area (Å²) in [7, 11) is 0. The number of rotatable bonds is 7. The first kappa shape index (κ1) is 15.7. The lowest BCUT2D eigenvalue weighted by atomic mass is 10.1. The lowest BCUT2D eigenvalue weighted by molar-refractivity contribution is 0.0944. The molecule has 0 fully saturated rings. The SMILES string of the molecule is CCCc1nc(NCC)c(C)c(NCC(C)(C)O)n1. The third kappa shape index (κ3) is 5.03. The summed E-state index contributed by atoms with van der Waals surface area (Å²) in [5.41, 5.74) is 0.228. The van der Waals surface area contributed by atoms with Gasteiger partial charge in [-0.25, -0.2) is 9.97 Å². The van der Waals surface area contributed by atoms with Crippen molar-refractivity contribution in [2.45, 2.75) is 53.1 Å². The lowest BCUT2D eigenvalue weighted by Gasteiger charge is -2.20. The highest BCUT2D eigenvalue weighted by Gasteiger charge is 2.15. The van der Waals surface area contributed by atoms with Gasteiger partial charge in [-0.1, -0.05) is 6.92 Å². The zero-order valence-electron chi connectivity index (χ0n) is 12.7. The molecular formula is C14H26N4O. The molecule has 0 atom stereocenters. The maximum Gasteiger partial charge on any atom is 0.134 e. The van der Waals surface area contributed by atoms with Crippen LogP contribution < -0.4 is 10.6 Å². The molecular weight excluding hydrogens is 240 g/mol. The monoisotopic (exact) mass is 266 g/mol. The summed E-state index contributed by atoms with van der Waals surface area (Å²) < 4.78 is 0. The molecule has 0 amide bonds. The van der Waals surface area contributed by atoms with Crippen LogP contribution in [0.15, 0.2) is 0 Å². The van der Waals surface area contributed by atoms with Crippen LogP contribution in [-0.2, 0) is 6.42 Å². The van der Waals surface area contributed by atoms with E-state index in [2.05, 4.69) is 27.5 Å². The van der Waals surface area contributed by atoms with E-state index in [4.69, 9.17) is 0 Å². The van der Waals surface area contributed by atoms with Crippen LogP contribution in [0.4, 0.5) is 11.6 Å². The van der Waals surface area contributed by atoms with Crippen molar-refractivity contribution < 1.29 is 5.11 Å². The highest BCUT2D eigenvalue weighted by atomic mass is 16.3. The van der Waals surface area contributed by atoms with Crippen molar-refractivity contribution in [3.8, 4) is 0 Å². The number of hydrogen-bond acceptors (Lipinski definition) is 5. The summed E-state index contributed by atoms with van der Waals surface area (Å²) in [5.74, 6) is 2.51. The van der Waals surface area contributed by atoms with Crippen molar-refractivity contribution in [1.82, 2.24) is 9.97 Å². The molecule has 0 spiro atoms. The molecule has 1 aromatic heterocycles. The van der Waals surface area contributed by atoms with Gasteiger partial charge in [-0.15, -0.1) is 0 Å². The molecule has 5 nitrogen and oxygen atoms in total. The van der Waals surface area contributed by atoms with Crippen LogP contribution in [0.25, 0.3) is 0 Å². The van der Waals surface area contributed by atoms with Gasteiger partial charge in [0.05, 0.1) is 5.60 Å². The molecule has 1 heterocycles. The molecule has 0 aromatic carbocycles. The van der Waals surface area contributed by atoms with Crippen molar-refractivity contribution >= 4 is 11.6 Å². The normalized spacial score (nSPS) is 11.5. The molecule has 1 aromatic rings. The Hall–Kier alpha value is -1.36. The number of aryl methyl sites for hydroxylation is 1. The maximum absolute atomic E-state index is 9.79. The minimum Gasteiger partial charge on any atom is -0.389 e. The van der Waals surface area contributed by atoms with Gasteiger partial charge in [0.25, 0.3) is 0 Å². The predicted molar refractivity (Wildman–Crippen MR) is 79.7 cm³/mol. The molecule has 0 unspecified atom stereocenters. The van der Waals surface area contributed by atoms with E-state index in [9.17, 15) is 5.11 Å². The average molecular weight is 266 g/mol. The Morgan fingerprint density at radius 1 is 1.11 bits per heavy atom. The Bertz CT molecular complexity index is 413. The molecule has 0 saturated heterocycles. The molecule has 0 bridgehead atoms. The largest absolute Gasteiger partial charge is 0.389 e. The van der Waals surface area contributed by atoms with Gasteiger partial charge in [-0.3, -0.25) is 0 Å². The van der Waals surface area contributed by atoms with E-state index in [1.165, 1.54) is 0 Å². The minimum absolute atomic E-state index is 0.460. The Kier molecular flexibility index (Phi) is 5.54. The summed E-state index contributed by atoms with van der Waals surface area (Å²) in [6, 6.07) is 0. The second-order valence-corrected chi connectivity index (χ2v) is 5.41. The standard InChI is InChI=1S/C14H26N4O/c1-6-8-11-17-12(15-7-2)10(3)13(18-11)16-9-14(4,5)19/h19H,6-9H2,1-5H3,(H2,15,16,17,18). The highest BCUT2D eigenvalue weighted by Crippen LogP contribution is 2.21. The molecule has 0 saturated carbocycles. The molecule has 0 aliphatic heterocycles.